The van der Waals surface area contributed by atoms with Crippen LogP contribution in [0.3, 0.4) is 0 Å². The molecule has 4 aliphatic rings. The molecule has 6 nitrogen and oxygen atoms in total. The van der Waals surface area contributed by atoms with Crippen molar-refractivity contribution in [2.24, 2.45) is 44.9 Å². The van der Waals surface area contributed by atoms with Gasteiger partial charge in [0.25, 0.3) is 0 Å². The minimum Gasteiger partial charge on any atom is -0.496 e. The molecule has 25 heavy (non-hydrogen) atoms. The van der Waals surface area contributed by atoms with E-state index in [9.17, 15) is 0 Å². The second-order valence-corrected chi connectivity index (χ2v) is 8.09. The lowest BCUT2D eigenvalue weighted by Crippen LogP contribution is -2.48. The van der Waals surface area contributed by atoms with E-state index in [4.69, 9.17) is 21.9 Å². The zero-order valence-electron chi connectivity index (χ0n) is 14.7. The minimum atomic E-state index is -0.0870. The summed E-state index contributed by atoms with van der Waals surface area (Å²) in [5.74, 6) is 3.55. The fourth-order valence-electron chi connectivity index (χ4n) is 5.91. The largest absolute Gasteiger partial charge is 0.496 e. The van der Waals surface area contributed by atoms with Crippen molar-refractivity contribution >= 4 is 17.6 Å². The molecule has 1 aromatic carbocycles. The molecule has 0 atom stereocenters. The van der Waals surface area contributed by atoms with Crippen molar-refractivity contribution in [3.63, 3.8) is 0 Å². The summed E-state index contributed by atoms with van der Waals surface area (Å²) in [5, 5.41) is 0. The monoisotopic (exact) mass is 341 g/mol. The lowest BCUT2D eigenvalue weighted by atomic mass is 9.48. The van der Waals surface area contributed by atoms with Crippen LogP contribution in [-0.2, 0) is 5.41 Å². The van der Waals surface area contributed by atoms with Gasteiger partial charge in [-0.2, -0.15) is 4.99 Å². The molecule has 6 heteroatoms. The van der Waals surface area contributed by atoms with E-state index in [0.717, 1.165) is 29.2 Å². The van der Waals surface area contributed by atoms with Gasteiger partial charge in [0.2, 0.25) is 5.96 Å². The van der Waals surface area contributed by atoms with Gasteiger partial charge in [-0.1, -0.05) is 0 Å². The summed E-state index contributed by atoms with van der Waals surface area (Å²) in [7, 11) is 1.75. The fraction of sp³-hybridized carbons (Fsp3) is 0.579. The Balaban J connectivity index is 1.73. The maximum absolute atomic E-state index is 5.80. The SMILES string of the molecule is COc1ccc(N=C(N)N=C(N)N)cc1C12CC3CC(CC(C3)C1)C2. The second-order valence-electron chi connectivity index (χ2n) is 8.09. The quantitative estimate of drug-likeness (QED) is 0.579. The number of benzene rings is 1. The van der Waals surface area contributed by atoms with Gasteiger partial charge in [0.1, 0.15) is 5.75 Å². The maximum atomic E-state index is 5.80. The Morgan fingerprint density at radius 3 is 2.16 bits per heavy atom. The number of aliphatic imine (C=N–C) groups is 2. The summed E-state index contributed by atoms with van der Waals surface area (Å²) in [4.78, 5) is 8.16. The summed E-state index contributed by atoms with van der Waals surface area (Å²) in [6, 6.07) is 6.02. The van der Waals surface area contributed by atoms with Crippen molar-refractivity contribution in [2.45, 2.75) is 43.9 Å². The molecule has 0 unspecified atom stereocenters. The highest BCUT2D eigenvalue weighted by Gasteiger charge is 2.52. The van der Waals surface area contributed by atoms with E-state index in [2.05, 4.69) is 16.1 Å². The molecule has 0 aliphatic heterocycles. The molecule has 0 spiro atoms. The zero-order valence-corrected chi connectivity index (χ0v) is 14.7. The van der Waals surface area contributed by atoms with E-state index in [1.54, 1.807) is 7.11 Å². The van der Waals surface area contributed by atoms with Gasteiger partial charge in [0.05, 0.1) is 12.8 Å². The number of methoxy groups -OCH3 is 1. The van der Waals surface area contributed by atoms with Gasteiger partial charge >= 0.3 is 0 Å². The van der Waals surface area contributed by atoms with Crippen LogP contribution in [0.15, 0.2) is 28.2 Å². The predicted molar refractivity (Wildman–Crippen MR) is 99.9 cm³/mol. The van der Waals surface area contributed by atoms with Crippen LogP contribution < -0.4 is 21.9 Å². The Labute approximate surface area is 148 Å². The normalized spacial score (nSPS) is 33.3. The average Bonchev–Trinajstić information content (AvgIpc) is 2.52. The van der Waals surface area contributed by atoms with Crippen LogP contribution in [0.2, 0.25) is 0 Å². The molecule has 4 saturated carbocycles. The van der Waals surface area contributed by atoms with Gasteiger partial charge in [0.15, 0.2) is 5.96 Å². The molecule has 0 heterocycles. The highest BCUT2D eigenvalue weighted by molar-refractivity contribution is 5.93. The lowest BCUT2D eigenvalue weighted by molar-refractivity contribution is -0.00613. The Hall–Kier alpha value is -2.24. The van der Waals surface area contributed by atoms with Crippen LogP contribution in [-0.4, -0.2) is 19.0 Å². The molecule has 0 saturated heterocycles. The van der Waals surface area contributed by atoms with Crippen molar-refractivity contribution in [1.82, 2.24) is 0 Å². The van der Waals surface area contributed by atoms with E-state index in [0.29, 0.717) is 0 Å². The van der Waals surface area contributed by atoms with Crippen molar-refractivity contribution in [3.8, 4) is 5.75 Å². The smallest absolute Gasteiger partial charge is 0.223 e. The number of hydrogen-bond acceptors (Lipinski definition) is 2. The van der Waals surface area contributed by atoms with Gasteiger partial charge in [-0.3, -0.25) is 0 Å². The first-order valence-corrected chi connectivity index (χ1v) is 9.10. The first-order valence-electron chi connectivity index (χ1n) is 9.10. The third-order valence-electron chi connectivity index (χ3n) is 6.28. The summed E-state index contributed by atoms with van der Waals surface area (Å²) in [5.41, 5.74) is 18.8. The molecular formula is C19H27N5O. The van der Waals surface area contributed by atoms with Crippen LogP contribution in [0.5, 0.6) is 5.75 Å². The Bertz CT molecular complexity index is 700. The molecule has 0 radical (unpaired) electrons. The summed E-state index contributed by atoms with van der Waals surface area (Å²) in [6.45, 7) is 0. The highest BCUT2D eigenvalue weighted by Crippen LogP contribution is 2.62. The zero-order chi connectivity index (χ0) is 17.6. The third-order valence-corrected chi connectivity index (χ3v) is 6.28. The average molecular weight is 341 g/mol. The van der Waals surface area contributed by atoms with E-state index in [-0.39, 0.29) is 17.3 Å². The number of nitrogens with zero attached hydrogens (tertiary/aromatic N) is 2. The molecule has 4 bridgehead atoms. The molecule has 5 rings (SSSR count). The summed E-state index contributed by atoms with van der Waals surface area (Å²) in [6.07, 6.45) is 8.05. The molecule has 4 fully saturated rings. The van der Waals surface area contributed by atoms with Crippen LogP contribution in [0.1, 0.15) is 44.1 Å². The molecule has 6 N–H and O–H groups in total. The van der Waals surface area contributed by atoms with Gasteiger partial charge < -0.3 is 21.9 Å². The van der Waals surface area contributed by atoms with Crippen molar-refractivity contribution in [3.05, 3.63) is 23.8 Å². The summed E-state index contributed by atoms with van der Waals surface area (Å²) < 4.78 is 5.71. The lowest BCUT2D eigenvalue weighted by Gasteiger charge is -2.57. The Morgan fingerprint density at radius 1 is 1.04 bits per heavy atom. The highest BCUT2D eigenvalue weighted by atomic mass is 16.5. The minimum absolute atomic E-state index is 0.0710. The molecule has 4 aliphatic carbocycles. The van der Waals surface area contributed by atoms with Crippen molar-refractivity contribution in [2.75, 3.05) is 7.11 Å². The topological polar surface area (TPSA) is 112 Å². The van der Waals surface area contributed by atoms with Crippen LogP contribution in [0.4, 0.5) is 5.69 Å². The predicted octanol–water partition coefficient (Wildman–Crippen LogP) is 2.38. The van der Waals surface area contributed by atoms with Crippen molar-refractivity contribution in [1.29, 1.82) is 0 Å². The van der Waals surface area contributed by atoms with E-state index >= 15 is 0 Å². The number of guanidine groups is 2. The molecule has 134 valence electrons. The van der Waals surface area contributed by atoms with Gasteiger partial charge in [-0.05, 0) is 79.9 Å². The van der Waals surface area contributed by atoms with Crippen LogP contribution in [0.25, 0.3) is 0 Å². The van der Waals surface area contributed by atoms with E-state index in [1.807, 2.05) is 12.1 Å². The van der Waals surface area contributed by atoms with Crippen LogP contribution in [0, 0.1) is 17.8 Å². The molecule has 1 aromatic rings. The van der Waals surface area contributed by atoms with Crippen LogP contribution >= 0.6 is 0 Å². The maximum Gasteiger partial charge on any atom is 0.223 e. The van der Waals surface area contributed by atoms with Gasteiger partial charge in [-0.15, -0.1) is 0 Å². The molecule has 0 amide bonds. The first-order chi connectivity index (χ1) is 12.0. The molecular weight excluding hydrogens is 314 g/mol. The number of nitrogens with two attached hydrogens (primary N) is 3. The third kappa shape index (κ3) is 2.94. The number of hydrogen-bond donors (Lipinski definition) is 3. The number of ether oxygens (including phenoxy) is 1. The van der Waals surface area contributed by atoms with Gasteiger partial charge in [-0.25, -0.2) is 4.99 Å². The first kappa shape index (κ1) is 16.2. The van der Waals surface area contributed by atoms with Crippen molar-refractivity contribution < 1.29 is 4.74 Å². The Kier molecular flexibility index (Phi) is 3.85. The standard InChI is InChI=1S/C19H27N5O/c1-25-16-3-2-14(23-18(22)24-17(20)21)7-15(16)19-8-11-4-12(9-19)6-13(5-11)10-19/h2-3,7,11-13H,4-6,8-10H2,1H3,(H6,20,21,22,23,24). The fourth-order valence-corrected chi connectivity index (χ4v) is 5.91. The van der Waals surface area contributed by atoms with E-state index < -0.39 is 0 Å². The summed E-state index contributed by atoms with van der Waals surface area (Å²) >= 11 is 0. The molecule has 0 aromatic heterocycles. The number of rotatable bonds is 3. The van der Waals surface area contributed by atoms with E-state index in [1.165, 1.54) is 44.1 Å². The second kappa shape index (κ2) is 5.93. The Morgan fingerprint density at radius 2 is 1.64 bits per heavy atom. The van der Waals surface area contributed by atoms with Gasteiger partial charge in [0, 0.05) is 5.56 Å².